The Morgan fingerprint density at radius 2 is 1.53 bits per heavy atom. The predicted molar refractivity (Wildman–Crippen MR) is 143 cm³/mol. The lowest BCUT2D eigenvalue weighted by atomic mass is 10.0. The molecule has 0 spiro atoms. The third-order valence-corrected chi connectivity index (χ3v) is 6.00. The molecule has 1 rings (SSSR count). The average Bonchev–Trinajstić information content (AvgIpc) is 2.87. The van der Waals surface area contributed by atoms with Gasteiger partial charge < -0.3 is 48.5 Å². The van der Waals surface area contributed by atoms with Gasteiger partial charge in [0.1, 0.15) is 23.9 Å². The Morgan fingerprint density at radius 3 is 2.08 bits per heavy atom. The van der Waals surface area contributed by atoms with E-state index in [1.165, 1.54) is 36.0 Å². The number of benzene rings is 1. The summed E-state index contributed by atoms with van der Waals surface area (Å²) >= 11 is 1.50. The lowest BCUT2D eigenvalue weighted by molar-refractivity contribution is -0.142. The fourth-order valence-electron chi connectivity index (χ4n) is 3.23. The van der Waals surface area contributed by atoms with Crippen LogP contribution < -0.4 is 33.2 Å². The zero-order valence-electron chi connectivity index (χ0n) is 21.1. The second-order valence-corrected chi connectivity index (χ2v) is 9.40. The van der Waals surface area contributed by atoms with Gasteiger partial charge in [-0.15, -0.1) is 0 Å². The number of nitrogens with zero attached hydrogens (tertiary/aromatic N) is 1. The van der Waals surface area contributed by atoms with Crippen LogP contribution in [0.1, 0.15) is 24.8 Å². The van der Waals surface area contributed by atoms with Crippen molar-refractivity contribution in [3.63, 3.8) is 0 Å². The van der Waals surface area contributed by atoms with E-state index in [0.717, 1.165) is 0 Å². The van der Waals surface area contributed by atoms with Crippen molar-refractivity contribution in [3.05, 3.63) is 29.8 Å². The molecular formula is C23H37N7O7S. The highest BCUT2D eigenvalue weighted by Crippen LogP contribution is 2.12. The van der Waals surface area contributed by atoms with E-state index in [1.54, 1.807) is 0 Å². The number of carbonyl (C=O) groups is 4. The molecule has 0 saturated heterocycles. The second kappa shape index (κ2) is 17.0. The zero-order chi connectivity index (χ0) is 28.7. The molecular weight excluding hydrogens is 518 g/mol. The van der Waals surface area contributed by atoms with Crippen molar-refractivity contribution >= 4 is 41.4 Å². The van der Waals surface area contributed by atoms with Crippen LogP contribution in [0.15, 0.2) is 29.3 Å². The number of carboxylic acid groups (broad SMARTS) is 1. The van der Waals surface area contributed by atoms with Gasteiger partial charge in [-0.1, -0.05) is 12.1 Å². The molecule has 4 unspecified atom stereocenters. The normalized spacial score (nSPS) is 13.9. The number of carbonyl (C=O) groups excluding carboxylic acids is 3. The third kappa shape index (κ3) is 12.1. The molecule has 1 aromatic rings. The number of aliphatic hydroxyl groups excluding tert-OH is 1. The molecule has 1 aromatic carbocycles. The number of aliphatic imine (C=N–C) groups is 1. The smallest absolute Gasteiger partial charge is 0.326 e. The molecule has 3 amide bonds. The molecule has 14 nitrogen and oxygen atoms in total. The van der Waals surface area contributed by atoms with Crippen molar-refractivity contribution in [1.82, 2.24) is 16.0 Å². The van der Waals surface area contributed by atoms with Crippen LogP contribution in [0.4, 0.5) is 0 Å². The van der Waals surface area contributed by atoms with E-state index in [-0.39, 0.29) is 37.5 Å². The number of amides is 3. The second-order valence-electron chi connectivity index (χ2n) is 8.41. The van der Waals surface area contributed by atoms with E-state index in [0.29, 0.717) is 17.7 Å². The Bertz CT molecular complexity index is 958. The van der Waals surface area contributed by atoms with E-state index in [1.807, 2.05) is 6.26 Å². The number of aromatic hydroxyl groups is 1. The number of hydrogen-bond acceptors (Lipinski definition) is 9. The van der Waals surface area contributed by atoms with E-state index in [2.05, 4.69) is 20.9 Å². The van der Waals surface area contributed by atoms with Gasteiger partial charge in [0.05, 0.1) is 12.6 Å². The molecule has 12 N–H and O–H groups in total. The first-order valence-electron chi connectivity index (χ1n) is 11.8. The number of nitrogens with one attached hydrogen (secondary N) is 3. The highest BCUT2D eigenvalue weighted by atomic mass is 32.2. The summed E-state index contributed by atoms with van der Waals surface area (Å²) in [6, 6.07) is 0.985. The van der Waals surface area contributed by atoms with Crippen molar-refractivity contribution in [2.75, 3.05) is 25.2 Å². The van der Waals surface area contributed by atoms with Gasteiger partial charge in [-0.3, -0.25) is 19.4 Å². The van der Waals surface area contributed by atoms with Crippen LogP contribution in [0.3, 0.4) is 0 Å². The number of rotatable bonds is 17. The van der Waals surface area contributed by atoms with Gasteiger partial charge in [-0.25, -0.2) is 4.79 Å². The number of aliphatic carboxylic acids is 1. The number of phenols is 1. The number of phenolic OH excluding ortho intramolecular Hbond substituents is 1. The van der Waals surface area contributed by atoms with Crippen LogP contribution in [0.25, 0.3) is 0 Å². The van der Waals surface area contributed by atoms with Crippen LogP contribution in [0, 0.1) is 0 Å². The Labute approximate surface area is 224 Å². The summed E-state index contributed by atoms with van der Waals surface area (Å²) in [5, 5.41) is 36.0. The number of thioether (sulfide) groups is 1. The summed E-state index contributed by atoms with van der Waals surface area (Å²) in [6.45, 7) is -0.602. The SMILES string of the molecule is CSCCC(N)C(=O)NC(CO)C(=O)NC(Cc1ccc(O)cc1)C(=O)NC(CCCN=C(N)N)C(=O)O. The maximum absolute atomic E-state index is 13.1. The standard InChI is InChI=1S/C23H37N7O7S/c1-38-10-8-15(24)19(33)30-18(12-31)21(35)29-17(11-13-4-6-14(32)7-5-13)20(34)28-16(22(36)37)3-2-9-27-23(25)26/h4-7,15-18,31-32H,2-3,8-12,24H2,1H3,(H,28,34)(H,29,35)(H,30,33)(H,36,37)(H4,25,26,27). The molecule has 4 atom stereocenters. The Kier molecular flexibility index (Phi) is 14.6. The lowest BCUT2D eigenvalue weighted by Crippen LogP contribution is -2.58. The minimum absolute atomic E-state index is 0.00799. The monoisotopic (exact) mass is 555 g/mol. The summed E-state index contributed by atoms with van der Waals surface area (Å²) < 4.78 is 0. The molecule has 0 aliphatic heterocycles. The molecule has 0 fully saturated rings. The van der Waals surface area contributed by atoms with Crippen molar-refractivity contribution < 1.29 is 34.5 Å². The van der Waals surface area contributed by atoms with Crippen molar-refractivity contribution in [3.8, 4) is 5.75 Å². The van der Waals surface area contributed by atoms with Gasteiger partial charge in [0.2, 0.25) is 17.7 Å². The molecule has 38 heavy (non-hydrogen) atoms. The predicted octanol–water partition coefficient (Wildman–Crippen LogP) is -2.40. The summed E-state index contributed by atoms with van der Waals surface area (Å²) in [5.74, 6) is -3.13. The maximum atomic E-state index is 13.1. The van der Waals surface area contributed by atoms with E-state index >= 15 is 0 Å². The molecule has 0 heterocycles. The summed E-state index contributed by atoms with van der Waals surface area (Å²) in [7, 11) is 0. The molecule has 0 aliphatic carbocycles. The van der Waals surface area contributed by atoms with E-state index in [9.17, 15) is 34.5 Å². The van der Waals surface area contributed by atoms with Gasteiger partial charge in [0.25, 0.3) is 0 Å². The van der Waals surface area contributed by atoms with Gasteiger partial charge in [0, 0.05) is 13.0 Å². The van der Waals surface area contributed by atoms with Crippen molar-refractivity contribution in [1.29, 1.82) is 0 Å². The molecule has 212 valence electrons. The molecule has 0 radical (unpaired) electrons. The molecule has 0 aromatic heterocycles. The van der Waals surface area contributed by atoms with Crippen LogP contribution in [0.2, 0.25) is 0 Å². The molecule has 0 saturated carbocycles. The van der Waals surface area contributed by atoms with Crippen molar-refractivity contribution in [2.24, 2.45) is 22.2 Å². The van der Waals surface area contributed by atoms with Crippen LogP contribution in [0.5, 0.6) is 5.75 Å². The van der Waals surface area contributed by atoms with E-state index < -0.39 is 54.5 Å². The Morgan fingerprint density at radius 1 is 0.947 bits per heavy atom. The van der Waals surface area contributed by atoms with Gasteiger partial charge >= 0.3 is 5.97 Å². The van der Waals surface area contributed by atoms with Gasteiger partial charge in [0.15, 0.2) is 5.96 Å². The largest absolute Gasteiger partial charge is 0.508 e. The first-order chi connectivity index (χ1) is 18.0. The van der Waals surface area contributed by atoms with Crippen LogP contribution >= 0.6 is 11.8 Å². The first kappa shape index (κ1) is 32.5. The number of hydrogen-bond donors (Lipinski definition) is 9. The number of nitrogens with two attached hydrogens (primary N) is 3. The molecule has 0 bridgehead atoms. The van der Waals surface area contributed by atoms with Crippen LogP contribution in [-0.4, -0.2) is 94.3 Å². The number of guanidine groups is 1. The number of aliphatic hydroxyl groups is 1. The maximum Gasteiger partial charge on any atom is 0.326 e. The average molecular weight is 556 g/mol. The summed E-state index contributed by atoms with van der Waals surface area (Å²) in [5.41, 5.74) is 16.9. The minimum Gasteiger partial charge on any atom is -0.508 e. The van der Waals surface area contributed by atoms with E-state index in [4.69, 9.17) is 17.2 Å². The number of carboxylic acids is 1. The highest BCUT2D eigenvalue weighted by molar-refractivity contribution is 7.98. The Balaban J connectivity index is 3.01. The Hall–Kier alpha value is -3.56. The topological polar surface area (TPSA) is 255 Å². The minimum atomic E-state index is -1.40. The van der Waals surface area contributed by atoms with Gasteiger partial charge in [-0.05, 0) is 49.0 Å². The highest BCUT2D eigenvalue weighted by Gasteiger charge is 2.30. The van der Waals surface area contributed by atoms with Crippen LogP contribution in [-0.2, 0) is 25.6 Å². The fraction of sp³-hybridized carbons (Fsp3) is 0.522. The third-order valence-electron chi connectivity index (χ3n) is 5.35. The van der Waals surface area contributed by atoms with Crippen molar-refractivity contribution in [2.45, 2.75) is 49.9 Å². The fourth-order valence-corrected chi connectivity index (χ4v) is 3.72. The quantitative estimate of drug-likeness (QED) is 0.0556. The summed E-state index contributed by atoms with van der Waals surface area (Å²) in [6.07, 6.45) is 2.42. The molecule has 15 heteroatoms. The summed E-state index contributed by atoms with van der Waals surface area (Å²) in [4.78, 5) is 53.8. The van der Waals surface area contributed by atoms with Gasteiger partial charge in [-0.2, -0.15) is 11.8 Å². The molecule has 0 aliphatic rings. The zero-order valence-corrected chi connectivity index (χ0v) is 21.9. The lowest BCUT2D eigenvalue weighted by Gasteiger charge is -2.24. The first-order valence-corrected chi connectivity index (χ1v) is 13.2.